The number of esters is 1. The highest BCUT2D eigenvalue weighted by Crippen LogP contribution is 2.49. The van der Waals surface area contributed by atoms with E-state index < -0.39 is 5.41 Å². The van der Waals surface area contributed by atoms with E-state index in [4.69, 9.17) is 4.74 Å². The normalized spacial score (nSPS) is 16.6. The smallest absolute Gasteiger partial charge is 0.316 e. The van der Waals surface area contributed by atoms with E-state index in [1.54, 1.807) is 31.2 Å². The third kappa shape index (κ3) is 1.71. The molecule has 1 aromatic rings. The van der Waals surface area contributed by atoms with Crippen molar-refractivity contribution in [2.75, 3.05) is 6.61 Å². The monoisotopic (exact) mass is 219 g/mol. The fraction of sp³-hybridized carbons (Fsp3) is 0.417. The van der Waals surface area contributed by atoms with Gasteiger partial charge in [-0.1, -0.05) is 12.1 Å². The van der Waals surface area contributed by atoms with Crippen molar-refractivity contribution in [2.45, 2.75) is 25.2 Å². The number of ether oxygens (including phenoxy) is 1. The molecule has 0 aromatic heterocycles. The zero-order valence-corrected chi connectivity index (χ0v) is 9.10. The van der Waals surface area contributed by atoms with E-state index in [2.05, 4.69) is 5.18 Å². The number of nitroso groups, excluding NO2 is 1. The van der Waals surface area contributed by atoms with Crippen molar-refractivity contribution in [1.82, 2.24) is 0 Å². The fourth-order valence-corrected chi connectivity index (χ4v) is 1.85. The zero-order valence-electron chi connectivity index (χ0n) is 9.10. The Kier molecular flexibility index (Phi) is 2.73. The first-order valence-electron chi connectivity index (χ1n) is 5.34. The summed E-state index contributed by atoms with van der Waals surface area (Å²) in [5, 5.41) is 2.83. The quantitative estimate of drug-likeness (QED) is 0.577. The summed E-state index contributed by atoms with van der Waals surface area (Å²) >= 11 is 0. The van der Waals surface area contributed by atoms with E-state index in [1.807, 2.05) is 0 Å². The zero-order chi connectivity index (χ0) is 11.6. The Morgan fingerprint density at radius 1 is 1.38 bits per heavy atom. The van der Waals surface area contributed by atoms with Gasteiger partial charge in [0.1, 0.15) is 5.69 Å². The lowest BCUT2D eigenvalue weighted by Gasteiger charge is -2.13. The molecule has 1 aromatic carbocycles. The maximum atomic E-state index is 11.8. The Morgan fingerprint density at radius 2 is 2.00 bits per heavy atom. The molecule has 0 atom stereocenters. The van der Waals surface area contributed by atoms with Crippen LogP contribution in [0.1, 0.15) is 25.3 Å². The summed E-state index contributed by atoms with van der Waals surface area (Å²) in [5.41, 5.74) is 0.832. The Morgan fingerprint density at radius 3 is 2.44 bits per heavy atom. The van der Waals surface area contributed by atoms with Gasteiger partial charge in [0.2, 0.25) is 0 Å². The number of benzene rings is 1. The standard InChI is InChI=1S/C12H13NO3/c1-2-16-11(14)12(7-8-12)9-3-5-10(13-15)6-4-9/h3-6H,2,7-8H2,1H3. The van der Waals surface area contributed by atoms with Crippen molar-refractivity contribution in [3.8, 4) is 0 Å². The van der Waals surface area contributed by atoms with Gasteiger partial charge in [0.25, 0.3) is 0 Å². The summed E-state index contributed by atoms with van der Waals surface area (Å²) in [6, 6.07) is 6.81. The first kappa shape index (κ1) is 10.8. The maximum Gasteiger partial charge on any atom is 0.316 e. The number of rotatable bonds is 4. The molecule has 0 heterocycles. The Bertz CT molecular complexity index is 407. The van der Waals surface area contributed by atoms with Crippen LogP contribution in [0.15, 0.2) is 29.4 Å². The van der Waals surface area contributed by atoms with E-state index in [-0.39, 0.29) is 5.97 Å². The molecule has 0 bridgehead atoms. The van der Waals surface area contributed by atoms with Crippen molar-refractivity contribution in [3.63, 3.8) is 0 Å². The molecule has 84 valence electrons. The first-order chi connectivity index (χ1) is 7.73. The van der Waals surface area contributed by atoms with Crippen LogP contribution < -0.4 is 0 Å². The third-order valence-corrected chi connectivity index (χ3v) is 2.94. The number of carbonyl (C=O) groups is 1. The number of hydrogen-bond donors (Lipinski definition) is 0. The number of nitrogens with zero attached hydrogens (tertiary/aromatic N) is 1. The maximum absolute atomic E-state index is 11.8. The molecule has 0 aliphatic heterocycles. The average molecular weight is 219 g/mol. The van der Waals surface area contributed by atoms with Gasteiger partial charge in [0, 0.05) is 0 Å². The molecule has 0 spiro atoms. The van der Waals surface area contributed by atoms with Gasteiger partial charge in [0.15, 0.2) is 0 Å². The van der Waals surface area contributed by atoms with Gasteiger partial charge in [-0.2, -0.15) is 0 Å². The molecule has 0 saturated heterocycles. The second-order valence-corrected chi connectivity index (χ2v) is 3.94. The van der Waals surface area contributed by atoms with Gasteiger partial charge in [-0.3, -0.25) is 4.79 Å². The molecule has 0 unspecified atom stereocenters. The first-order valence-corrected chi connectivity index (χ1v) is 5.34. The van der Waals surface area contributed by atoms with Crippen molar-refractivity contribution in [1.29, 1.82) is 0 Å². The van der Waals surface area contributed by atoms with E-state index in [0.717, 1.165) is 18.4 Å². The van der Waals surface area contributed by atoms with Crippen LogP contribution in [-0.4, -0.2) is 12.6 Å². The van der Waals surface area contributed by atoms with E-state index in [0.29, 0.717) is 12.3 Å². The molecule has 1 aliphatic rings. The van der Waals surface area contributed by atoms with E-state index >= 15 is 0 Å². The Hall–Kier alpha value is -1.71. The molecule has 16 heavy (non-hydrogen) atoms. The molecular weight excluding hydrogens is 206 g/mol. The topological polar surface area (TPSA) is 55.7 Å². The SMILES string of the molecule is CCOC(=O)C1(c2ccc(N=O)cc2)CC1. The Labute approximate surface area is 93.6 Å². The average Bonchev–Trinajstić information content (AvgIpc) is 3.11. The van der Waals surface area contributed by atoms with Gasteiger partial charge >= 0.3 is 5.97 Å². The van der Waals surface area contributed by atoms with Crippen LogP contribution in [0.3, 0.4) is 0 Å². The van der Waals surface area contributed by atoms with Crippen molar-refractivity contribution < 1.29 is 9.53 Å². The molecule has 4 nitrogen and oxygen atoms in total. The summed E-state index contributed by atoms with van der Waals surface area (Å²) in [5.74, 6) is -0.165. The van der Waals surface area contributed by atoms with Gasteiger partial charge in [0.05, 0.1) is 12.0 Å². The molecule has 0 radical (unpaired) electrons. The second kappa shape index (κ2) is 4.04. The highest BCUT2D eigenvalue weighted by molar-refractivity contribution is 5.86. The van der Waals surface area contributed by atoms with Crippen LogP contribution >= 0.6 is 0 Å². The lowest BCUT2D eigenvalue weighted by atomic mass is 9.96. The molecule has 1 fully saturated rings. The fourth-order valence-electron chi connectivity index (χ4n) is 1.85. The second-order valence-electron chi connectivity index (χ2n) is 3.94. The highest BCUT2D eigenvalue weighted by atomic mass is 16.5. The summed E-state index contributed by atoms with van der Waals surface area (Å²) < 4.78 is 5.06. The van der Waals surface area contributed by atoms with Crippen LogP contribution in [0.4, 0.5) is 5.69 Å². The van der Waals surface area contributed by atoms with Gasteiger partial charge in [-0.05, 0) is 42.6 Å². The predicted octanol–water partition coefficient (Wildman–Crippen LogP) is 2.68. The van der Waals surface area contributed by atoms with E-state index in [9.17, 15) is 9.70 Å². The highest BCUT2D eigenvalue weighted by Gasteiger charge is 2.52. The molecular formula is C12H13NO3. The van der Waals surface area contributed by atoms with Crippen LogP contribution in [0.25, 0.3) is 0 Å². The minimum absolute atomic E-state index is 0.165. The molecule has 2 rings (SSSR count). The van der Waals surface area contributed by atoms with Crippen molar-refractivity contribution in [2.24, 2.45) is 5.18 Å². The largest absolute Gasteiger partial charge is 0.465 e. The lowest BCUT2D eigenvalue weighted by Crippen LogP contribution is -2.23. The minimum atomic E-state index is -0.461. The minimum Gasteiger partial charge on any atom is -0.465 e. The lowest BCUT2D eigenvalue weighted by molar-refractivity contribution is -0.146. The van der Waals surface area contributed by atoms with Gasteiger partial charge in [-0.25, -0.2) is 0 Å². The summed E-state index contributed by atoms with van der Waals surface area (Å²) in [6.45, 7) is 2.20. The van der Waals surface area contributed by atoms with Crippen LogP contribution in [0, 0.1) is 4.91 Å². The van der Waals surface area contributed by atoms with Crippen molar-refractivity contribution >= 4 is 11.7 Å². The van der Waals surface area contributed by atoms with Crippen LogP contribution in [0.5, 0.6) is 0 Å². The molecule has 1 aliphatic carbocycles. The Balaban J connectivity index is 2.22. The molecule has 0 N–H and O–H groups in total. The predicted molar refractivity (Wildman–Crippen MR) is 59.4 cm³/mol. The van der Waals surface area contributed by atoms with Crippen molar-refractivity contribution in [3.05, 3.63) is 34.7 Å². The van der Waals surface area contributed by atoms with E-state index in [1.165, 1.54) is 0 Å². The van der Waals surface area contributed by atoms with Crippen LogP contribution in [0.2, 0.25) is 0 Å². The third-order valence-electron chi connectivity index (χ3n) is 2.94. The van der Waals surface area contributed by atoms with Gasteiger partial charge < -0.3 is 4.74 Å². The van der Waals surface area contributed by atoms with Crippen LogP contribution in [-0.2, 0) is 14.9 Å². The molecule has 4 heteroatoms. The molecule has 0 amide bonds. The number of carbonyl (C=O) groups excluding carboxylic acids is 1. The summed E-state index contributed by atoms with van der Waals surface area (Å²) in [6.07, 6.45) is 1.64. The molecule has 1 saturated carbocycles. The van der Waals surface area contributed by atoms with Gasteiger partial charge in [-0.15, -0.1) is 4.91 Å². The summed E-state index contributed by atoms with van der Waals surface area (Å²) in [4.78, 5) is 22.1. The number of hydrogen-bond acceptors (Lipinski definition) is 4. The summed E-state index contributed by atoms with van der Waals surface area (Å²) in [7, 11) is 0.